The number of allylic oxidation sites excluding steroid dienone is 1. The number of rotatable bonds is 1. The lowest BCUT2D eigenvalue weighted by molar-refractivity contribution is 0.659. The summed E-state index contributed by atoms with van der Waals surface area (Å²) in [6.07, 6.45) is 11.6. The summed E-state index contributed by atoms with van der Waals surface area (Å²) in [5.41, 5.74) is 0. The van der Waals surface area contributed by atoms with E-state index < -0.39 is 0 Å². The van der Waals surface area contributed by atoms with Crippen molar-refractivity contribution in [3.63, 3.8) is 0 Å². The van der Waals surface area contributed by atoms with E-state index in [9.17, 15) is 0 Å². The molecule has 0 aliphatic carbocycles. The van der Waals surface area contributed by atoms with Gasteiger partial charge in [0.25, 0.3) is 0 Å². The molecular formula is C10H10N4S2. The Bertz CT molecular complexity index is 475. The molecule has 2 aliphatic heterocycles. The monoisotopic (exact) mass is 250 g/mol. The Hall–Kier alpha value is -1.14. The van der Waals surface area contributed by atoms with Crippen LogP contribution in [0.2, 0.25) is 0 Å². The van der Waals surface area contributed by atoms with E-state index in [4.69, 9.17) is 0 Å². The predicted octanol–water partition coefficient (Wildman–Crippen LogP) is 1.46. The van der Waals surface area contributed by atoms with Gasteiger partial charge in [0.2, 0.25) is 0 Å². The Kier molecular flexibility index (Phi) is 2.53. The van der Waals surface area contributed by atoms with Crippen molar-refractivity contribution in [3.05, 3.63) is 42.0 Å². The average molecular weight is 250 g/mol. The second-order valence-electron chi connectivity index (χ2n) is 3.60. The van der Waals surface area contributed by atoms with Crippen LogP contribution in [-0.4, -0.2) is 27.5 Å². The van der Waals surface area contributed by atoms with Crippen LogP contribution in [0.1, 0.15) is 0 Å². The summed E-state index contributed by atoms with van der Waals surface area (Å²) in [6, 6.07) is 0.430. The lowest BCUT2D eigenvalue weighted by Gasteiger charge is -2.18. The van der Waals surface area contributed by atoms with Gasteiger partial charge >= 0.3 is 0 Å². The van der Waals surface area contributed by atoms with Crippen molar-refractivity contribution in [3.8, 4) is 0 Å². The predicted molar refractivity (Wildman–Crippen MR) is 69.6 cm³/mol. The van der Waals surface area contributed by atoms with Gasteiger partial charge in [-0.2, -0.15) is 0 Å². The molecule has 2 atom stereocenters. The molecule has 1 aromatic heterocycles. The molecule has 3 rings (SSSR count). The van der Waals surface area contributed by atoms with Crippen molar-refractivity contribution in [2.24, 2.45) is 4.99 Å². The fraction of sp³-hybridized carbons (Fsp3) is 0.200. The number of aliphatic imine (C=N–C) groups is 1. The van der Waals surface area contributed by atoms with Crippen molar-refractivity contribution < 1.29 is 0 Å². The van der Waals surface area contributed by atoms with Crippen LogP contribution in [0.25, 0.3) is 0 Å². The Morgan fingerprint density at radius 1 is 1.50 bits per heavy atom. The van der Waals surface area contributed by atoms with Crippen LogP contribution in [0.15, 0.2) is 47.0 Å². The van der Waals surface area contributed by atoms with Crippen molar-refractivity contribution in [2.75, 3.05) is 0 Å². The SMILES string of the molecule is SSC1=CC2N=C(n3ccnc3)C=CC2N1. The summed E-state index contributed by atoms with van der Waals surface area (Å²) >= 11 is 4.18. The molecule has 0 spiro atoms. The third kappa shape index (κ3) is 1.68. The molecule has 0 fully saturated rings. The Morgan fingerprint density at radius 3 is 3.19 bits per heavy atom. The number of hydrogen-bond acceptors (Lipinski definition) is 5. The smallest absolute Gasteiger partial charge is 0.133 e. The molecule has 0 aromatic carbocycles. The largest absolute Gasteiger partial charge is 0.371 e. The summed E-state index contributed by atoms with van der Waals surface area (Å²) in [6.45, 7) is 0. The van der Waals surface area contributed by atoms with Crippen LogP contribution in [0, 0.1) is 0 Å². The van der Waals surface area contributed by atoms with Gasteiger partial charge in [0, 0.05) is 12.4 Å². The van der Waals surface area contributed by atoms with Crippen LogP contribution in [0.4, 0.5) is 0 Å². The van der Waals surface area contributed by atoms with Crippen LogP contribution in [0.3, 0.4) is 0 Å². The highest BCUT2D eigenvalue weighted by molar-refractivity contribution is 8.70. The highest BCUT2D eigenvalue weighted by atomic mass is 33.1. The first-order valence-electron chi connectivity index (χ1n) is 4.91. The standard InChI is InChI=1S/C10H10N4S2/c15-16-10-5-8-7(13-10)1-2-9(12-8)14-4-3-11-6-14/h1-8,13,15H. The minimum absolute atomic E-state index is 0.164. The number of imidazole rings is 1. The Balaban J connectivity index is 1.90. The summed E-state index contributed by atoms with van der Waals surface area (Å²) in [5.74, 6) is 0.919. The molecule has 2 aliphatic rings. The van der Waals surface area contributed by atoms with Crippen molar-refractivity contribution in [1.29, 1.82) is 0 Å². The van der Waals surface area contributed by atoms with Gasteiger partial charge in [-0.25, -0.2) is 4.98 Å². The maximum atomic E-state index is 4.65. The normalized spacial score (nSPS) is 27.1. The lowest BCUT2D eigenvalue weighted by atomic mass is 10.1. The van der Waals surface area contributed by atoms with E-state index in [1.165, 1.54) is 10.8 Å². The second-order valence-corrected chi connectivity index (χ2v) is 4.77. The van der Waals surface area contributed by atoms with Gasteiger partial charge in [0.1, 0.15) is 12.2 Å². The molecule has 0 radical (unpaired) electrons. The highest BCUT2D eigenvalue weighted by Crippen LogP contribution is 2.27. The van der Waals surface area contributed by atoms with E-state index in [1.54, 1.807) is 12.5 Å². The van der Waals surface area contributed by atoms with Crippen LogP contribution in [0.5, 0.6) is 0 Å². The van der Waals surface area contributed by atoms with E-state index in [1.807, 2.05) is 16.8 Å². The molecule has 0 amide bonds. The highest BCUT2D eigenvalue weighted by Gasteiger charge is 2.27. The van der Waals surface area contributed by atoms with Gasteiger partial charge in [0.05, 0.1) is 17.1 Å². The maximum absolute atomic E-state index is 4.65. The Morgan fingerprint density at radius 2 is 2.44 bits per heavy atom. The van der Waals surface area contributed by atoms with Crippen molar-refractivity contribution in [2.45, 2.75) is 12.1 Å². The van der Waals surface area contributed by atoms with Gasteiger partial charge in [-0.05, 0) is 22.9 Å². The molecule has 2 unspecified atom stereocenters. The molecule has 0 saturated carbocycles. The first-order chi connectivity index (χ1) is 7.86. The molecular weight excluding hydrogens is 240 g/mol. The van der Waals surface area contributed by atoms with Crippen LogP contribution >= 0.6 is 22.5 Å². The molecule has 1 N–H and O–H groups in total. The zero-order valence-corrected chi connectivity index (χ0v) is 10.0. The van der Waals surface area contributed by atoms with Gasteiger partial charge in [-0.15, -0.1) is 11.7 Å². The average Bonchev–Trinajstić information content (AvgIpc) is 2.96. The number of thiol groups is 1. The summed E-state index contributed by atoms with van der Waals surface area (Å²) in [5, 5.41) is 4.41. The number of aromatic nitrogens is 2. The second kappa shape index (κ2) is 4.03. The molecule has 16 heavy (non-hydrogen) atoms. The topological polar surface area (TPSA) is 42.2 Å². The summed E-state index contributed by atoms with van der Waals surface area (Å²) in [4.78, 5) is 8.67. The number of hydrogen-bond donors (Lipinski definition) is 2. The first-order valence-corrected chi connectivity index (χ1v) is 6.78. The number of fused-ring (bicyclic) bond motifs is 1. The molecule has 1 aromatic rings. The number of nitrogens with one attached hydrogen (secondary N) is 1. The molecule has 0 saturated heterocycles. The third-order valence-electron chi connectivity index (χ3n) is 2.60. The fourth-order valence-corrected chi connectivity index (χ4v) is 2.56. The summed E-state index contributed by atoms with van der Waals surface area (Å²) in [7, 11) is 1.42. The molecule has 3 heterocycles. The van der Waals surface area contributed by atoms with Gasteiger partial charge in [-0.3, -0.25) is 9.56 Å². The van der Waals surface area contributed by atoms with Crippen LogP contribution < -0.4 is 5.32 Å². The van der Waals surface area contributed by atoms with Gasteiger partial charge in [-0.1, -0.05) is 6.08 Å². The minimum atomic E-state index is 0.164. The zero-order chi connectivity index (χ0) is 11.0. The number of nitrogens with zero attached hydrogens (tertiary/aromatic N) is 3. The van der Waals surface area contributed by atoms with Crippen molar-refractivity contribution >= 4 is 28.3 Å². The maximum Gasteiger partial charge on any atom is 0.133 e. The van der Waals surface area contributed by atoms with Crippen LogP contribution in [-0.2, 0) is 0 Å². The quantitative estimate of drug-likeness (QED) is 0.586. The van der Waals surface area contributed by atoms with E-state index in [0.29, 0.717) is 0 Å². The molecule has 6 heteroatoms. The third-order valence-corrected chi connectivity index (χ3v) is 3.64. The number of dihydropyridines is 1. The van der Waals surface area contributed by atoms with Crippen molar-refractivity contribution in [1.82, 2.24) is 14.9 Å². The molecule has 4 nitrogen and oxygen atoms in total. The van der Waals surface area contributed by atoms with E-state index in [-0.39, 0.29) is 12.1 Å². The van der Waals surface area contributed by atoms with E-state index >= 15 is 0 Å². The van der Waals surface area contributed by atoms with Gasteiger partial charge < -0.3 is 5.32 Å². The molecule has 82 valence electrons. The van der Waals surface area contributed by atoms with Gasteiger partial charge in [0.15, 0.2) is 0 Å². The van der Waals surface area contributed by atoms with E-state index in [2.05, 4.69) is 39.1 Å². The Labute approximate surface area is 102 Å². The van der Waals surface area contributed by atoms with E-state index in [0.717, 1.165) is 10.9 Å². The summed E-state index contributed by atoms with van der Waals surface area (Å²) < 4.78 is 1.91. The zero-order valence-electron chi connectivity index (χ0n) is 8.32. The molecule has 0 bridgehead atoms. The fourth-order valence-electron chi connectivity index (χ4n) is 1.83. The first kappa shape index (κ1) is 10.0. The minimum Gasteiger partial charge on any atom is -0.371 e. The lowest BCUT2D eigenvalue weighted by Crippen LogP contribution is -2.32.